The number of aliphatic hydroxyl groups is 1. The molecule has 39 heavy (non-hydrogen) atoms. The normalized spacial score (nSPS) is 16.5. The Morgan fingerprint density at radius 2 is 1.56 bits per heavy atom. The van der Waals surface area contributed by atoms with Gasteiger partial charge in [-0.15, -0.1) is 0 Å². The predicted octanol–water partition coefficient (Wildman–Crippen LogP) is 6.43. The van der Waals surface area contributed by atoms with Gasteiger partial charge in [0, 0.05) is 11.3 Å². The van der Waals surface area contributed by atoms with E-state index in [9.17, 15) is 14.7 Å². The summed E-state index contributed by atoms with van der Waals surface area (Å²) in [6.07, 6.45) is -0.0446. The molecule has 4 rings (SSSR count). The van der Waals surface area contributed by atoms with Gasteiger partial charge < -0.3 is 24.1 Å². The summed E-state index contributed by atoms with van der Waals surface area (Å²) < 4.78 is 22.0. The lowest BCUT2D eigenvalue weighted by molar-refractivity contribution is -0.132. The van der Waals surface area contributed by atoms with Gasteiger partial charge in [-0.05, 0) is 50.2 Å². The molecule has 1 amide bonds. The lowest BCUT2D eigenvalue weighted by atomic mass is 9.94. The number of carbonyl (C=O) groups is 2. The highest BCUT2D eigenvalue weighted by atomic mass is 35.5. The van der Waals surface area contributed by atoms with Crippen LogP contribution in [0.2, 0.25) is 10.0 Å². The van der Waals surface area contributed by atoms with Gasteiger partial charge in [0.15, 0.2) is 11.5 Å². The number of aliphatic hydroxyl groups excluding tert-OH is 1. The van der Waals surface area contributed by atoms with Gasteiger partial charge in [-0.2, -0.15) is 0 Å². The molecule has 1 heterocycles. The number of para-hydroxylation sites is 1. The quantitative estimate of drug-likeness (QED) is 0.189. The molecule has 0 aromatic heterocycles. The monoisotopic (exact) mass is 571 g/mol. The first-order valence-corrected chi connectivity index (χ1v) is 12.7. The Labute approximate surface area is 236 Å². The van der Waals surface area contributed by atoms with Crippen molar-refractivity contribution in [2.75, 3.05) is 26.2 Å². The lowest BCUT2D eigenvalue weighted by Crippen LogP contribution is -2.29. The van der Waals surface area contributed by atoms with Crippen molar-refractivity contribution in [1.29, 1.82) is 0 Å². The number of anilines is 1. The fraction of sp³-hybridized carbons (Fsp3) is 0.241. The number of hydrogen-bond donors (Lipinski definition) is 1. The predicted molar refractivity (Wildman–Crippen MR) is 150 cm³/mol. The van der Waals surface area contributed by atoms with Crippen LogP contribution in [-0.2, 0) is 9.59 Å². The van der Waals surface area contributed by atoms with Crippen LogP contribution < -0.4 is 23.8 Å². The van der Waals surface area contributed by atoms with Crippen LogP contribution in [0, 0.1) is 0 Å². The molecule has 3 aromatic carbocycles. The molecule has 1 aliphatic rings. The van der Waals surface area contributed by atoms with E-state index in [4.69, 9.17) is 42.1 Å². The molecule has 0 bridgehead atoms. The van der Waals surface area contributed by atoms with E-state index in [1.807, 2.05) is 13.8 Å². The fourth-order valence-corrected chi connectivity index (χ4v) is 5.22. The summed E-state index contributed by atoms with van der Waals surface area (Å²) in [6, 6.07) is 14.0. The van der Waals surface area contributed by atoms with Crippen molar-refractivity contribution in [2.45, 2.75) is 26.0 Å². The summed E-state index contributed by atoms with van der Waals surface area (Å²) >= 11 is 12.8. The maximum absolute atomic E-state index is 13.6. The van der Waals surface area contributed by atoms with Gasteiger partial charge in [0.05, 0.1) is 49.6 Å². The second kappa shape index (κ2) is 11.5. The molecule has 3 aromatic rings. The molecule has 1 saturated heterocycles. The highest BCUT2D eigenvalue weighted by Crippen LogP contribution is 2.49. The highest BCUT2D eigenvalue weighted by Gasteiger charge is 2.48. The fourth-order valence-electron chi connectivity index (χ4n) is 4.53. The summed E-state index contributed by atoms with van der Waals surface area (Å²) in [6.45, 7) is 3.81. The number of Topliss-reactive ketones (excluding diaryl/α,β-unsaturated/α-hetero) is 1. The van der Waals surface area contributed by atoms with E-state index in [0.29, 0.717) is 22.7 Å². The number of hydrogen-bond acceptors (Lipinski definition) is 7. The maximum Gasteiger partial charge on any atom is 0.300 e. The molecule has 1 fully saturated rings. The van der Waals surface area contributed by atoms with E-state index < -0.39 is 23.5 Å². The van der Waals surface area contributed by atoms with E-state index in [1.54, 1.807) is 48.5 Å². The third kappa shape index (κ3) is 5.10. The van der Waals surface area contributed by atoms with Crippen LogP contribution in [0.1, 0.15) is 31.0 Å². The summed E-state index contributed by atoms with van der Waals surface area (Å²) in [5.41, 5.74) is 0.725. The summed E-state index contributed by atoms with van der Waals surface area (Å²) in [5.74, 6) is -1.09. The molecule has 0 saturated carbocycles. The summed E-state index contributed by atoms with van der Waals surface area (Å²) in [7, 11) is 4.22. The average molecular weight is 572 g/mol. The molecule has 0 aliphatic carbocycles. The Balaban J connectivity index is 1.99. The Hall–Kier alpha value is -3.88. The highest BCUT2D eigenvalue weighted by molar-refractivity contribution is 6.52. The van der Waals surface area contributed by atoms with Crippen LogP contribution >= 0.6 is 23.2 Å². The second-order valence-electron chi connectivity index (χ2n) is 8.86. The number of rotatable bonds is 8. The van der Waals surface area contributed by atoms with Gasteiger partial charge >= 0.3 is 0 Å². The standard InChI is InChI=1S/C29H27Cl2NO7/c1-15(2)39-17-12-10-16(11-13-17)32-24(18-8-6-7-9-21(18)36-3)22(26(34)29(32)35)25(33)19-14-20(30)28(38-5)23(31)27(19)37-4/h6-15,24,33H,1-5H3/b25-22+. The topological polar surface area (TPSA) is 94.5 Å². The molecule has 10 heteroatoms. The Kier molecular flexibility index (Phi) is 8.28. The van der Waals surface area contributed by atoms with Gasteiger partial charge in [0.1, 0.15) is 22.3 Å². The van der Waals surface area contributed by atoms with Crippen molar-refractivity contribution in [1.82, 2.24) is 0 Å². The number of halogens is 2. The third-order valence-electron chi connectivity index (χ3n) is 6.16. The van der Waals surface area contributed by atoms with E-state index in [1.165, 1.54) is 32.3 Å². The molecule has 1 N–H and O–H groups in total. The molecule has 1 unspecified atom stereocenters. The van der Waals surface area contributed by atoms with E-state index in [-0.39, 0.29) is 38.8 Å². The van der Waals surface area contributed by atoms with Crippen molar-refractivity contribution in [3.63, 3.8) is 0 Å². The van der Waals surface area contributed by atoms with Crippen molar-refractivity contribution >= 4 is 46.3 Å². The molecular formula is C29H27Cl2NO7. The zero-order valence-corrected chi connectivity index (χ0v) is 23.5. The van der Waals surface area contributed by atoms with Crippen molar-refractivity contribution in [2.24, 2.45) is 0 Å². The van der Waals surface area contributed by atoms with Crippen LogP contribution in [0.15, 0.2) is 60.2 Å². The van der Waals surface area contributed by atoms with Crippen LogP contribution in [0.4, 0.5) is 5.69 Å². The van der Waals surface area contributed by atoms with Crippen LogP contribution in [-0.4, -0.2) is 44.2 Å². The molecule has 8 nitrogen and oxygen atoms in total. The van der Waals surface area contributed by atoms with Gasteiger partial charge in [-0.25, -0.2) is 0 Å². The van der Waals surface area contributed by atoms with Crippen molar-refractivity contribution < 1.29 is 33.6 Å². The number of carbonyl (C=O) groups excluding carboxylic acids is 2. The largest absolute Gasteiger partial charge is 0.507 e. The average Bonchev–Trinajstić information content (AvgIpc) is 3.18. The van der Waals surface area contributed by atoms with Crippen LogP contribution in [0.25, 0.3) is 5.76 Å². The smallest absolute Gasteiger partial charge is 0.300 e. The number of ether oxygens (including phenoxy) is 4. The van der Waals surface area contributed by atoms with Gasteiger partial charge in [-0.1, -0.05) is 41.4 Å². The first-order chi connectivity index (χ1) is 18.6. The van der Waals surface area contributed by atoms with Gasteiger partial charge in [0.25, 0.3) is 11.7 Å². The van der Waals surface area contributed by atoms with Gasteiger partial charge in [-0.3, -0.25) is 14.5 Å². The zero-order chi connectivity index (χ0) is 28.4. The number of ketones is 1. The molecule has 204 valence electrons. The minimum atomic E-state index is -1.05. The Bertz CT molecular complexity index is 1450. The Morgan fingerprint density at radius 1 is 0.923 bits per heavy atom. The van der Waals surface area contributed by atoms with Crippen LogP contribution in [0.3, 0.4) is 0 Å². The zero-order valence-electron chi connectivity index (χ0n) is 22.0. The van der Waals surface area contributed by atoms with Crippen molar-refractivity contribution in [3.8, 4) is 23.0 Å². The summed E-state index contributed by atoms with van der Waals surface area (Å²) in [4.78, 5) is 28.4. The van der Waals surface area contributed by atoms with Gasteiger partial charge in [0.2, 0.25) is 0 Å². The minimum Gasteiger partial charge on any atom is -0.507 e. The number of methoxy groups -OCH3 is 3. The first kappa shape index (κ1) is 28.1. The lowest BCUT2D eigenvalue weighted by Gasteiger charge is -2.27. The van der Waals surface area contributed by atoms with Crippen molar-refractivity contribution in [3.05, 3.63) is 81.3 Å². The van der Waals surface area contributed by atoms with E-state index >= 15 is 0 Å². The second-order valence-corrected chi connectivity index (χ2v) is 9.64. The third-order valence-corrected chi connectivity index (χ3v) is 6.78. The molecule has 0 spiro atoms. The minimum absolute atomic E-state index is 0.00198. The maximum atomic E-state index is 13.6. The number of benzene rings is 3. The number of amides is 1. The Morgan fingerprint density at radius 3 is 2.15 bits per heavy atom. The summed E-state index contributed by atoms with van der Waals surface area (Å²) in [5, 5.41) is 11.7. The number of nitrogens with zero attached hydrogens (tertiary/aromatic N) is 1. The molecule has 1 aliphatic heterocycles. The molecule has 1 atom stereocenters. The molecular weight excluding hydrogens is 545 g/mol. The van der Waals surface area contributed by atoms with E-state index in [0.717, 1.165) is 0 Å². The first-order valence-electron chi connectivity index (χ1n) is 12.0. The molecule has 0 radical (unpaired) electrons. The van der Waals surface area contributed by atoms with Crippen LogP contribution in [0.5, 0.6) is 23.0 Å². The SMILES string of the molecule is COc1ccccc1C1/C(=C(\O)c2cc(Cl)c(OC)c(Cl)c2OC)C(=O)C(=O)N1c1ccc(OC(C)C)cc1. The van der Waals surface area contributed by atoms with E-state index in [2.05, 4.69) is 0 Å².